The molecule has 0 aromatic heterocycles. The predicted octanol–water partition coefficient (Wildman–Crippen LogP) is 3.84. The van der Waals surface area contributed by atoms with Crippen LogP contribution in [0, 0.1) is 11.8 Å². The van der Waals surface area contributed by atoms with Gasteiger partial charge in [-0.15, -0.1) is 0 Å². The van der Waals surface area contributed by atoms with Crippen molar-refractivity contribution in [1.82, 2.24) is 0 Å². The molecule has 0 N–H and O–H groups in total. The molecule has 4 nitrogen and oxygen atoms in total. The predicted molar refractivity (Wildman–Crippen MR) is 85.3 cm³/mol. The van der Waals surface area contributed by atoms with Gasteiger partial charge in [-0.25, -0.2) is 4.79 Å². The van der Waals surface area contributed by atoms with Crippen molar-refractivity contribution < 1.29 is 19.0 Å². The summed E-state index contributed by atoms with van der Waals surface area (Å²) in [5.41, 5.74) is 0. The summed E-state index contributed by atoms with van der Waals surface area (Å²) in [4.78, 5) is 12.3. The number of carbonyl (C=O) groups is 1. The monoisotopic (exact) mass is 310 g/mol. The van der Waals surface area contributed by atoms with E-state index in [4.69, 9.17) is 14.2 Å². The van der Waals surface area contributed by atoms with Gasteiger partial charge in [-0.1, -0.05) is 26.8 Å². The fourth-order valence-corrected chi connectivity index (χ4v) is 3.17. The Labute approximate surface area is 134 Å². The second kappa shape index (κ2) is 8.68. The van der Waals surface area contributed by atoms with Crippen molar-refractivity contribution in [2.24, 2.45) is 11.8 Å². The maximum absolute atomic E-state index is 12.3. The van der Waals surface area contributed by atoms with Crippen LogP contribution in [0.15, 0.2) is 12.2 Å². The molecule has 0 bridgehead atoms. The standard InChI is InChI=1S/C18H30O4/c1-4-12-20-17-7-5-6-16(22-17)18(19)21-15-10-8-14(9-11-15)13(2)3/h5,7,13-17H,4,6,8-12H2,1-3H3. The van der Waals surface area contributed by atoms with Gasteiger partial charge in [-0.2, -0.15) is 0 Å². The minimum absolute atomic E-state index is 0.0621. The van der Waals surface area contributed by atoms with Crippen LogP contribution in [0.3, 0.4) is 0 Å². The lowest BCUT2D eigenvalue weighted by molar-refractivity contribution is -0.188. The normalized spacial score (nSPS) is 32.2. The second-order valence-corrected chi connectivity index (χ2v) is 6.75. The average Bonchev–Trinajstić information content (AvgIpc) is 2.53. The molecule has 0 aromatic carbocycles. The molecule has 1 heterocycles. The number of ether oxygens (including phenoxy) is 3. The summed E-state index contributed by atoms with van der Waals surface area (Å²) in [6.45, 7) is 7.23. The molecule has 126 valence electrons. The van der Waals surface area contributed by atoms with Gasteiger partial charge in [0.2, 0.25) is 0 Å². The Bertz CT molecular complexity index is 369. The Morgan fingerprint density at radius 1 is 1.27 bits per heavy atom. The van der Waals surface area contributed by atoms with E-state index in [-0.39, 0.29) is 12.1 Å². The van der Waals surface area contributed by atoms with Gasteiger partial charge in [0.1, 0.15) is 6.10 Å². The minimum atomic E-state index is -0.519. The highest BCUT2D eigenvalue weighted by atomic mass is 16.7. The van der Waals surface area contributed by atoms with E-state index in [1.165, 1.54) is 0 Å². The topological polar surface area (TPSA) is 44.8 Å². The molecule has 2 rings (SSSR count). The third kappa shape index (κ3) is 5.10. The van der Waals surface area contributed by atoms with Crippen LogP contribution in [0.1, 0.15) is 59.3 Å². The van der Waals surface area contributed by atoms with E-state index in [9.17, 15) is 4.79 Å². The van der Waals surface area contributed by atoms with E-state index in [0.29, 0.717) is 13.0 Å². The highest BCUT2D eigenvalue weighted by molar-refractivity contribution is 5.75. The van der Waals surface area contributed by atoms with Crippen molar-refractivity contribution in [3.8, 4) is 0 Å². The van der Waals surface area contributed by atoms with Crippen molar-refractivity contribution in [2.75, 3.05) is 6.61 Å². The smallest absolute Gasteiger partial charge is 0.335 e. The van der Waals surface area contributed by atoms with Crippen LogP contribution in [0.4, 0.5) is 0 Å². The first-order valence-electron chi connectivity index (χ1n) is 8.74. The van der Waals surface area contributed by atoms with Crippen molar-refractivity contribution in [2.45, 2.75) is 77.8 Å². The van der Waals surface area contributed by atoms with Gasteiger partial charge >= 0.3 is 5.97 Å². The van der Waals surface area contributed by atoms with Crippen LogP contribution < -0.4 is 0 Å². The highest BCUT2D eigenvalue weighted by Crippen LogP contribution is 2.31. The molecule has 1 aliphatic carbocycles. The summed E-state index contributed by atoms with van der Waals surface area (Å²) in [5, 5.41) is 0. The van der Waals surface area contributed by atoms with Crippen LogP contribution in [-0.2, 0) is 19.0 Å². The molecule has 1 saturated carbocycles. The van der Waals surface area contributed by atoms with Crippen LogP contribution in [0.25, 0.3) is 0 Å². The molecule has 0 saturated heterocycles. The zero-order valence-corrected chi connectivity index (χ0v) is 14.1. The van der Waals surface area contributed by atoms with Gasteiger partial charge in [-0.05, 0) is 50.0 Å². The number of hydrogen-bond donors (Lipinski definition) is 0. The summed E-state index contributed by atoms with van der Waals surface area (Å²) in [5.74, 6) is 1.26. The van der Waals surface area contributed by atoms with Gasteiger partial charge in [0.05, 0.1) is 0 Å². The zero-order valence-electron chi connectivity index (χ0n) is 14.1. The molecule has 1 aliphatic heterocycles. The van der Waals surface area contributed by atoms with Crippen LogP contribution in [-0.4, -0.2) is 31.1 Å². The zero-order chi connectivity index (χ0) is 15.9. The van der Waals surface area contributed by atoms with Crippen molar-refractivity contribution in [3.05, 3.63) is 12.2 Å². The second-order valence-electron chi connectivity index (χ2n) is 6.75. The maximum atomic E-state index is 12.3. The van der Waals surface area contributed by atoms with E-state index >= 15 is 0 Å². The van der Waals surface area contributed by atoms with E-state index in [0.717, 1.165) is 43.9 Å². The van der Waals surface area contributed by atoms with Crippen LogP contribution >= 0.6 is 0 Å². The van der Waals surface area contributed by atoms with Gasteiger partial charge in [0.15, 0.2) is 12.4 Å². The van der Waals surface area contributed by atoms with Gasteiger partial charge in [0.25, 0.3) is 0 Å². The lowest BCUT2D eigenvalue weighted by Crippen LogP contribution is -2.37. The van der Waals surface area contributed by atoms with Crippen molar-refractivity contribution >= 4 is 5.97 Å². The fourth-order valence-electron chi connectivity index (χ4n) is 3.17. The molecule has 2 aliphatic rings. The van der Waals surface area contributed by atoms with E-state index in [1.807, 2.05) is 19.1 Å². The molecule has 0 amide bonds. The number of hydrogen-bond acceptors (Lipinski definition) is 4. The molecule has 2 unspecified atom stereocenters. The third-order valence-corrected chi connectivity index (χ3v) is 4.64. The molecule has 0 radical (unpaired) electrons. The first-order chi connectivity index (χ1) is 10.6. The van der Waals surface area contributed by atoms with E-state index in [1.54, 1.807) is 0 Å². The summed E-state index contributed by atoms with van der Waals surface area (Å²) < 4.78 is 16.9. The lowest BCUT2D eigenvalue weighted by Gasteiger charge is -2.32. The molecule has 22 heavy (non-hydrogen) atoms. The molecule has 2 atom stereocenters. The summed E-state index contributed by atoms with van der Waals surface area (Å²) in [6.07, 6.45) is 8.73. The molecular formula is C18H30O4. The number of rotatable bonds is 6. The van der Waals surface area contributed by atoms with Crippen LogP contribution in [0.2, 0.25) is 0 Å². The summed E-state index contributed by atoms with van der Waals surface area (Å²) >= 11 is 0. The van der Waals surface area contributed by atoms with Gasteiger partial charge < -0.3 is 14.2 Å². The minimum Gasteiger partial charge on any atom is -0.460 e. The van der Waals surface area contributed by atoms with E-state index < -0.39 is 12.4 Å². The Balaban J connectivity index is 1.74. The van der Waals surface area contributed by atoms with Gasteiger partial charge in [0, 0.05) is 13.0 Å². The first kappa shape index (κ1) is 17.5. The molecule has 0 spiro atoms. The Hall–Kier alpha value is -0.870. The Morgan fingerprint density at radius 3 is 2.64 bits per heavy atom. The van der Waals surface area contributed by atoms with Crippen molar-refractivity contribution in [1.29, 1.82) is 0 Å². The number of carbonyl (C=O) groups excluding carboxylic acids is 1. The van der Waals surface area contributed by atoms with E-state index in [2.05, 4.69) is 13.8 Å². The Morgan fingerprint density at radius 2 is 2.00 bits per heavy atom. The lowest BCUT2D eigenvalue weighted by atomic mass is 9.80. The third-order valence-electron chi connectivity index (χ3n) is 4.64. The fraction of sp³-hybridized carbons (Fsp3) is 0.833. The average molecular weight is 310 g/mol. The van der Waals surface area contributed by atoms with Crippen LogP contribution in [0.5, 0.6) is 0 Å². The number of esters is 1. The Kier molecular flexibility index (Phi) is 6.90. The molecule has 0 aromatic rings. The largest absolute Gasteiger partial charge is 0.460 e. The summed E-state index contributed by atoms with van der Waals surface area (Å²) in [7, 11) is 0. The first-order valence-corrected chi connectivity index (χ1v) is 8.74. The summed E-state index contributed by atoms with van der Waals surface area (Å²) in [6, 6.07) is 0. The maximum Gasteiger partial charge on any atom is 0.335 e. The highest BCUT2D eigenvalue weighted by Gasteiger charge is 2.30. The molecule has 1 fully saturated rings. The SMILES string of the molecule is CCCOC1C=CCC(C(=O)OC2CCC(C(C)C)CC2)O1. The molecular weight excluding hydrogens is 280 g/mol. The molecule has 4 heteroatoms. The van der Waals surface area contributed by atoms with Gasteiger partial charge in [-0.3, -0.25) is 0 Å². The van der Waals surface area contributed by atoms with Crippen molar-refractivity contribution in [3.63, 3.8) is 0 Å². The quantitative estimate of drug-likeness (QED) is 0.552.